The lowest BCUT2D eigenvalue weighted by Gasteiger charge is -2.15. The van der Waals surface area contributed by atoms with Crippen molar-refractivity contribution in [2.75, 3.05) is 13.2 Å². The van der Waals surface area contributed by atoms with Gasteiger partial charge in [0.2, 0.25) is 0 Å². The Balaban J connectivity index is 1.80. The van der Waals surface area contributed by atoms with Gasteiger partial charge in [-0.05, 0) is 69.7 Å². The van der Waals surface area contributed by atoms with Crippen molar-refractivity contribution in [2.45, 2.75) is 52.5 Å². The van der Waals surface area contributed by atoms with Crippen LogP contribution in [0.15, 0.2) is 12.1 Å². The minimum Gasteiger partial charge on any atom is -0.493 e. The van der Waals surface area contributed by atoms with E-state index in [1.54, 1.807) is 0 Å². The van der Waals surface area contributed by atoms with Crippen LogP contribution in [0.3, 0.4) is 0 Å². The molecule has 1 aliphatic rings. The van der Waals surface area contributed by atoms with Crippen LogP contribution in [0.2, 0.25) is 0 Å². The predicted octanol–water partition coefficient (Wildman–Crippen LogP) is 3.52. The first-order valence-electron chi connectivity index (χ1n) is 7.11. The largest absolute Gasteiger partial charge is 0.493 e. The van der Waals surface area contributed by atoms with Crippen LogP contribution in [0.4, 0.5) is 0 Å². The first kappa shape index (κ1) is 13.4. The van der Waals surface area contributed by atoms with Crippen LogP contribution < -0.4 is 10.1 Å². The maximum Gasteiger partial charge on any atom is 0.125 e. The average Bonchev–Trinajstić information content (AvgIpc) is 2.86. The van der Waals surface area contributed by atoms with Gasteiger partial charge in [0.1, 0.15) is 5.75 Å². The molecule has 18 heavy (non-hydrogen) atoms. The topological polar surface area (TPSA) is 21.3 Å². The number of benzene rings is 1. The number of ether oxygens (including phenoxy) is 1. The molecule has 1 aliphatic heterocycles. The summed E-state index contributed by atoms with van der Waals surface area (Å²) in [5.41, 5.74) is 3.85. The van der Waals surface area contributed by atoms with Gasteiger partial charge in [-0.15, -0.1) is 0 Å². The second kappa shape index (κ2) is 6.24. The van der Waals surface area contributed by atoms with Crippen LogP contribution in [0, 0.1) is 20.8 Å². The molecule has 1 unspecified atom stereocenters. The first-order chi connectivity index (χ1) is 8.68. The molecule has 1 saturated heterocycles. The smallest absolute Gasteiger partial charge is 0.125 e. The maximum absolute atomic E-state index is 5.98. The Labute approximate surface area is 111 Å². The lowest BCUT2D eigenvalue weighted by Crippen LogP contribution is -2.21. The van der Waals surface area contributed by atoms with Gasteiger partial charge in [-0.1, -0.05) is 12.1 Å². The van der Waals surface area contributed by atoms with Gasteiger partial charge in [0, 0.05) is 6.04 Å². The van der Waals surface area contributed by atoms with E-state index < -0.39 is 0 Å². The van der Waals surface area contributed by atoms with Gasteiger partial charge in [-0.3, -0.25) is 0 Å². The lowest BCUT2D eigenvalue weighted by atomic mass is 10.1. The molecule has 1 aromatic carbocycles. The Hall–Kier alpha value is -1.02. The molecule has 0 spiro atoms. The maximum atomic E-state index is 5.98. The van der Waals surface area contributed by atoms with E-state index in [2.05, 4.69) is 38.2 Å². The van der Waals surface area contributed by atoms with Crippen molar-refractivity contribution in [3.05, 3.63) is 28.8 Å². The summed E-state index contributed by atoms with van der Waals surface area (Å²) in [6.07, 6.45) is 5.05. The summed E-state index contributed by atoms with van der Waals surface area (Å²) in [4.78, 5) is 0. The van der Waals surface area contributed by atoms with Crippen LogP contribution in [0.5, 0.6) is 5.75 Å². The van der Waals surface area contributed by atoms with Crippen LogP contribution in [0.25, 0.3) is 0 Å². The van der Waals surface area contributed by atoms with Crippen LogP contribution in [0.1, 0.15) is 42.4 Å². The summed E-state index contributed by atoms with van der Waals surface area (Å²) in [7, 11) is 0. The zero-order valence-electron chi connectivity index (χ0n) is 11.9. The number of hydrogen-bond acceptors (Lipinski definition) is 2. The molecule has 0 saturated carbocycles. The highest BCUT2D eigenvalue weighted by molar-refractivity contribution is 5.44. The quantitative estimate of drug-likeness (QED) is 0.804. The molecule has 2 heteroatoms. The number of aryl methyl sites for hydroxylation is 2. The number of rotatable bonds is 5. The van der Waals surface area contributed by atoms with E-state index >= 15 is 0 Å². The summed E-state index contributed by atoms with van der Waals surface area (Å²) < 4.78 is 5.98. The fourth-order valence-electron chi connectivity index (χ4n) is 2.65. The molecule has 0 amide bonds. The number of nitrogens with one attached hydrogen (secondary N) is 1. The van der Waals surface area contributed by atoms with Gasteiger partial charge >= 0.3 is 0 Å². The van der Waals surface area contributed by atoms with Crippen molar-refractivity contribution in [1.29, 1.82) is 0 Å². The Bertz CT molecular complexity index is 394. The van der Waals surface area contributed by atoms with Crippen molar-refractivity contribution in [3.63, 3.8) is 0 Å². The molecular formula is C16H25NO. The van der Waals surface area contributed by atoms with Crippen molar-refractivity contribution < 1.29 is 4.74 Å². The summed E-state index contributed by atoms with van der Waals surface area (Å²) in [5, 5.41) is 3.53. The molecule has 0 aromatic heterocycles. The molecular weight excluding hydrogens is 222 g/mol. The van der Waals surface area contributed by atoms with Crippen molar-refractivity contribution >= 4 is 0 Å². The highest BCUT2D eigenvalue weighted by atomic mass is 16.5. The second-order valence-corrected chi connectivity index (χ2v) is 5.44. The van der Waals surface area contributed by atoms with Crippen molar-refractivity contribution in [2.24, 2.45) is 0 Å². The number of hydrogen-bond donors (Lipinski definition) is 1. The zero-order chi connectivity index (χ0) is 13.0. The molecule has 0 radical (unpaired) electrons. The van der Waals surface area contributed by atoms with Gasteiger partial charge in [0.15, 0.2) is 0 Å². The molecule has 0 aliphatic carbocycles. The predicted molar refractivity (Wildman–Crippen MR) is 76.4 cm³/mol. The minimum atomic E-state index is 0.730. The molecule has 2 nitrogen and oxygen atoms in total. The zero-order valence-corrected chi connectivity index (χ0v) is 11.9. The molecule has 1 N–H and O–H groups in total. The third-order valence-corrected chi connectivity index (χ3v) is 3.98. The average molecular weight is 247 g/mol. The normalized spacial score (nSPS) is 19.2. The summed E-state index contributed by atoms with van der Waals surface area (Å²) >= 11 is 0. The fourth-order valence-corrected chi connectivity index (χ4v) is 2.65. The molecule has 1 fully saturated rings. The first-order valence-corrected chi connectivity index (χ1v) is 7.11. The fraction of sp³-hybridized carbons (Fsp3) is 0.625. The standard InChI is InChI=1S/C16H25NO/c1-12-8-9-13(2)16(14(12)3)18-11-5-7-15-6-4-10-17-15/h8-9,15,17H,4-7,10-11H2,1-3H3. The van der Waals surface area contributed by atoms with E-state index in [1.807, 2.05) is 0 Å². The van der Waals surface area contributed by atoms with Crippen molar-refractivity contribution in [1.82, 2.24) is 5.32 Å². The molecule has 1 aromatic rings. The second-order valence-electron chi connectivity index (χ2n) is 5.44. The van der Waals surface area contributed by atoms with Crippen LogP contribution in [-0.4, -0.2) is 19.2 Å². The van der Waals surface area contributed by atoms with E-state index in [1.165, 1.54) is 42.5 Å². The third kappa shape index (κ3) is 3.26. The van der Waals surface area contributed by atoms with Gasteiger partial charge in [-0.25, -0.2) is 0 Å². The molecule has 1 atom stereocenters. The monoisotopic (exact) mass is 247 g/mol. The van der Waals surface area contributed by atoms with E-state index in [-0.39, 0.29) is 0 Å². The molecule has 1 heterocycles. The van der Waals surface area contributed by atoms with Gasteiger partial charge in [0.05, 0.1) is 6.61 Å². The Kier molecular flexibility index (Phi) is 4.65. The molecule has 100 valence electrons. The third-order valence-electron chi connectivity index (χ3n) is 3.98. The van der Waals surface area contributed by atoms with Gasteiger partial charge in [0.25, 0.3) is 0 Å². The summed E-state index contributed by atoms with van der Waals surface area (Å²) in [6, 6.07) is 5.05. The van der Waals surface area contributed by atoms with E-state index in [0.717, 1.165) is 24.8 Å². The summed E-state index contributed by atoms with van der Waals surface area (Å²) in [6.45, 7) is 8.45. The Morgan fingerprint density at radius 3 is 2.72 bits per heavy atom. The van der Waals surface area contributed by atoms with Crippen molar-refractivity contribution in [3.8, 4) is 5.75 Å². The summed E-state index contributed by atoms with van der Waals surface area (Å²) in [5.74, 6) is 1.09. The lowest BCUT2D eigenvalue weighted by molar-refractivity contribution is 0.295. The molecule has 2 rings (SSSR count). The van der Waals surface area contributed by atoms with Crippen LogP contribution in [-0.2, 0) is 0 Å². The molecule has 0 bridgehead atoms. The SMILES string of the molecule is Cc1ccc(C)c(OCCCC2CCCN2)c1C. The van der Waals surface area contributed by atoms with E-state index in [0.29, 0.717) is 0 Å². The van der Waals surface area contributed by atoms with Crippen LogP contribution >= 0.6 is 0 Å². The minimum absolute atomic E-state index is 0.730. The highest BCUT2D eigenvalue weighted by Gasteiger charge is 2.13. The van der Waals surface area contributed by atoms with E-state index in [9.17, 15) is 0 Å². The van der Waals surface area contributed by atoms with Gasteiger partial charge < -0.3 is 10.1 Å². The van der Waals surface area contributed by atoms with E-state index in [4.69, 9.17) is 4.74 Å². The highest BCUT2D eigenvalue weighted by Crippen LogP contribution is 2.26. The van der Waals surface area contributed by atoms with Gasteiger partial charge in [-0.2, -0.15) is 0 Å². The Morgan fingerprint density at radius 2 is 2.00 bits per heavy atom. The Morgan fingerprint density at radius 1 is 1.22 bits per heavy atom.